The summed E-state index contributed by atoms with van der Waals surface area (Å²) in [5.41, 5.74) is 0. The second kappa shape index (κ2) is 3.00. The van der Waals surface area contributed by atoms with E-state index in [-0.39, 0.29) is 0 Å². The molecule has 0 aliphatic rings. The van der Waals surface area contributed by atoms with Gasteiger partial charge in [-0.2, -0.15) is 0 Å². The van der Waals surface area contributed by atoms with Crippen LogP contribution in [0.25, 0.3) is 0 Å². The zero-order chi connectivity index (χ0) is 7.40. The number of nitrogens with zero attached hydrogens (tertiary/aromatic N) is 3. The smallest absolute Gasteiger partial charge is 0.210 e. The van der Waals surface area contributed by atoms with E-state index >= 15 is 0 Å². The second-order valence-corrected chi connectivity index (χ2v) is 2.08. The molecule has 0 aromatic carbocycles. The van der Waals surface area contributed by atoms with E-state index in [0.717, 1.165) is 6.41 Å². The molecule has 0 N–H and O–H groups in total. The van der Waals surface area contributed by atoms with Crippen LogP contribution in [0, 0.1) is 0 Å². The summed E-state index contributed by atoms with van der Waals surface area (Å²) >= 11 is 0. The van der Waals surface area contributed by atoms with Crippen molar-refractivity contribution in [3.8, 4) is 0 Å². The SMILES string of the molecule is CN(C=O)Cn1ccnc1. The molecule has 1 aromatic heterocycles. The molecule has 0 unspecified atom stereocenters. The van der Waals surface area contributed by atoms with E-state index in [1.165, 1.54) is 4.90 Å². The molecule has 1 rings (SSSR count). The Hall–Kier alpha value is -1.32. The lowest BCUT2D eigenvalue weighted by Gasteiger charge is -2.09. The molecule has 4 nitrogen and oxygen atoms in total. The van der Waals surface area contributed by atoms with Crippen LogP contribution in [0.3, 0.4) is 0 Å². The van der Waals surface area contributed by atoms with Crippen molar-refractivity contribution in [1.29, 1.82) is 0 Å². The first-order valence-corrected chi connectivity index (χ1v) is 2.94. The number of carbonyl (C=O) groups is 1. The molecule has 0 fully saturated rings. The van der Waals surface area contributed by atoms with Gasteiger partial charge in [0.25, 0.3) is 0 Å². The van der Waals surface area contributed by atoms with Crippen molar-refractivity contribution >= 4 is 6.41 Å². The van der Waals surface area contributed by atoms with E-state index in [9.17, 15) is 4.79 Å². The Morgan fingerprint density at radius 1 is 1.80 bits per heavy atom. The fourth-order valence-electron chi connectivity index (χ4n) is 0.661. The summed E-state index contributed by atoms with van der Waals surface area (Å²) in [5.74, 6) is 0. The molecule has 0 saturated heterocycles. The third kappa shape index (κ3) is 1.58. The molecule has 10 heavy (non-hydrogen) atoms. The van der Waals surface area contributed by atoms with Crippen LogP contribution in [0.1, 0.15) is 0 Å². The molecule has 1 amide bonds. The van der Waals surface area contributed by atoms with Gasteiger partial charge >= 0.3 is 0 Å². The molecule has 1 heterocycles. The minimum absolute atomic E-state index is 0.559. The van der Waals surface area contributed by atoms with Gasteiger partial charge in [0.2, 0.25) is 6.41 Å². The summed E-state index contributed by atoms with van der Waals surface area (Å²) in [4.78, 5) is 15.5. The average Bonchev–Trinajstić information content (AvgIpc) is 2.40. The summed E-state index contributed by atoms with van der Waals surface area (Å²) in [6.07, 6.45) is 5.93. The third-order valence-corrected chi connectivity index (χ3v) is 1.13. The zero-order valence-electron chi connectivity index (χ0n) is 5.77. The van der Waals surface area contributed by atoms with Crippen molar-refractivity contribution in [2.75, 3.05) is 7.05 Å². The van der Waals surface area contributed by atoms with Gasteiger partial charge in [-0.3, -0.25) is 4.79 Å². The molecule has 0 radical (unpaired) electrons. The van der Waals surface area contributed by atoms with Gasteiger partial charge in [-0.25, -0.2) is 4.98 Å². The highest BCUT2D eigenvalue weighted by Gasteiger charge is 1.91. The predicted octanol–water partition coefficient (Wildman–Crippen LogP) is -0.0712. The molecule has 1 aromatic rings. The minimum Gasteiger partial charge on any atom is -0.330 e. The second-order valence-electron chi connectivity index (χ2n) is 2.08. The molecular weight excluding hydrogens is 130 g/mol. The van der Waals surface area contributed by atoms with Crippen LogP contribution in [0.5, 0.6) is 0 Å². The van der Waals surface area contributed by atoms with Crippen LogP contribution in [-0.2, 0) is 11.5 Å². The Labute approximate surface area is 59.1 Å². The number of hydrogen-bond acceptors (Lipinski definition) is 2. The van der Waals surface area contributed by atoms with Crippen LogP contribution in [0.15, 0.2) is 18.7 Å². The molecule has 54 valence electrons. The van der Waals surface area contributed by atoms with Gasteiger partial charge in [0.05, 0.1) is 13.0 Å². The largest absolute Gasteiger partial charge is 0.330 e. The zero-order valence-corrected chi connectivity index (χ0v) is 5.77. The maximum absolute atomic E-state index is 10.1. The molecule has 0 saturated carbocycles. The summed E-state index contributed by atoms with van der Waals surface area (Å²) in [6.45, 7) is 0.559. The van der Waals surface area contributed by atoms with Gasteiger partial charge in [0.15, 0.2) is 0 Å². The number of aromatic nitrogens is 2. The van der Waals surface area contributed by atoms with Crippen LogP contribution in [0.4, 0.5) is 0 Å². The van der Waals surface area contributed by atoms with Gasteiger partial charge in [0, 0.05) is 19.4 Å². The third-order valence-electron chi connectivity index (χ3n) is 1.13. The first-order chi connectivity index (χ1) is 4.83. The monoisotopic (exact) mass is 139 g/mol. The number of carbonyl (C=O) groups excluding carboxylic acids is 1. The number of imidazole rings is 1. The topological polar surface area (TPSA) is 38.1 Å². The van der Waals surface area contributed by atoms with E-state index in [1.807, 2.05) is 4.57 Å². The van der Waals surface area contributed by atoms with Crippen LogP contribution < -0.4 is 0 Å². The lowest BCUT2D eigenvalue weighted by atomic mass is 10.8. The van der Waals surface area contributed by atoms with Crippen LogP contribution in [-0.4, -0.2) is 27.9 Å². The summed E-state index contributed by atoms with van der Waals surface area (Å²) in [5, 5.41) is 0. The molecular formula is C6H9N3O. The van der Waals surface area contributed by atoms with Gasteiger partial charge in [0.1, 0.15) is 0 Å². The van der Waals surface area contributed by atoms with Gasteiger partial charge in [-0.05, 0) is 0 Å². The van der Waals surface area contributed by atoms with Crippen LogP contribution >= 0.6 is 0 Å². The maximum Gasteiger partial charge on any atom is 0.210 e. The average molecular weight is 139 g/mol. The van der Waals surface area contributed by atoms with E-state index in [2.05, 4.69) is 4.98 Å². The number of amides is 1. The Kier molecular flexibility index (Phi) is 2.04. The van der Waals surface area contributed by atoms with Crippen molar-refractivity contribution in [1.82, 2.24) is 14.5 Å². The van der Waals surface area contributed by atoms with Gasteiger partial charge in [-0.1, -0.05) is 0 Å². The molecule has 4 heteroatoms. The molecule has 0 aliphatic heterocycles. The first-order valence-electron chi connectivity index (χ1n) is 2.94. The Morgan fingerprint density at radius 2 is 2.60 bits per heavy atom. The standard InChI is InChI=1S/C6H9N3O/c1-8(6-10)5-9-3-2-7-4-9/h2-4,6H,5H2,1H3. The molecule has 0 spiro atoms. The van der Waals surface area contributed by atoms with Crippen molar-refractivity contribution in [3.05, 3.63) is 18.7 Å². The summed E-state index contributed by atoms with van der Waals surface area (Å²) in [7, 11) is 1.72. The van der Waals surface area contributed by atoms with Crippen molar-refractivity contribution in [3.63, 3.8) is 0 Å². The highest BCUT2D eigenvalue weighted by atomic mass is 16.1. The van der Waals surface area contributed by atoms with Crippen molar-refractivity contribution < 1.29 is 4.79 Å². The minimum atomic E-state index is 0.559. The first kappa shape index (κ1) is 6.80. The molecule has 0 bridgehead atoms. The van der Waals surface area contributed by atoms with Crippen molar-refractivity contribution in [2.45, 2.75) is 6.67 Å². The highest BCUT2D eigenvalue weighted by molar-refractivity contribution is 5.45. The number of rotatable bonds is 3. The normalized spacial score (nSPS) is 9.30. The quantitative estimate of drug-likeness (QED) is 0.550. The van der Waals surface area contributed by atoms with E-state index < -0.39 is 0 Å². The molecule has 0 aliphatic carbocycles. The fraction of sp³-hybridized carbons (Fsp3) is 0.333. The molecule has 0 atom stereocenters. The lowest BCUT2D eigenvalue weighted by Crippen LogP contribution is -2.18. The summed E-state index contributed by atoms with van der Waals surface area (Å²) in [6, 6.07) is 0. The predicted molar refractivity (Wildman–Crippen MR) is 36.1 cm³/mol. The van der Waals surface area contributed by atoms with Gasteiger partial charge < -0.3 is 9.47 Å². The Bertz CT molecular complexity index is 195. The van der Waals surface area contributed by atoms with Crippen molar-refractivity contribution in [2.24, 2.45) is 0 Å². The highest BCUT2D eigenvalue weighted by Crippen LogP contribution is 1.86. The van der Waals surface area contributed by atoms with E-state index in [4.69, 9.17) is 0 Å². The van der Waals surface area contributed by atoms with Gasteiger partial charge in [-0.15, -0.1) is 0 Å². The Balaban J connectivity index is 2.47. The summed E-state index contributed by atoms with van der Waals surface area (Å²) < 4.78 is 1.81. The number of hydrogen-bond donors (Lipinski definition) is 0. The Morgan fingerprint density at radius 3 is 3.10 bits per heavy atom. The lowest BCUT2D eigenvalue weighted by molar-refractivity contribution is -0.118. The van der Waals surface area contributed by atoms with E-state index in [1.54, 1.807) is 25.8 Å². The fourth-order valence-corrected chi connectivity index (χ4v) is 0.661. The van der Waals surface area contributed by atoms with Crippen LogP contribution in [0.2, 0.25) is 0 Å². The maximum atomic E-state index is 10.1. The van der Waals surface area contributed by atoms with E-state index in [0.29, 0.717) is 6.67 Å².